The summed E-state index contributed by atoms with van der Waals surface area (Å²) in [6.07, 6.45) is 7.47. The maximum absolute atomic E-state index is 11.6. The van der Waals surface area contributed by atoms with Crippen LogP contribution in [0, 0.1) is 17.3 Å². The third-order valence-corrected chi connectivity index (χ3v) is 4.26. The molecule has 0 heterocycles. The average Bonchev–Trinajstić information content (AvgIpc) is 2.49. The monoisotopic (exact) mass is 150 g/mol. The zero-order valence-electron chi connectivity index (χ0n) is 6.81. The van der Waals surface area contributed by atoms with E-state index in [1.807, 2.05) is 0 Å². The van der Waals surface area contributed by atoms with Crippen LogP contribution >= 0.6 is 0 Å². The normalized spacial score (nSPS) is 53.6. The third kappa shape index (κ3) is 0.567. The summed E-state index contributed by atoms with van der Waals surface area (Å²) in [4.78, 5) is 11.6. The van der Waals surface area contributed by atoms with Crippen LogP contribution in [0.3, 0.4) is 0 Å². The first kappa shape index (κ1) is 6.22. The van der Waals surface area contributed by atoms with Gasteiger partial charge in [0, 0.05) is 11.8 Å². The van der Waals surface area contributed by atoms with Crippen molar-refractivity contribution in [2.45, 2.75) is 38.5 Å². The summed E-state index contributed by atoms with van der Waals surface area (Å²) >= 11 is 0. The molecule has 0 aromatic carbocycles. The van der Waals surface area contributed by atoms with Gasteiger partial charge in [0.2, 0.25) is 0 Å². The molecule has 0 radical (unpaired) electrons. The van der Waals surface area contributed by atoms with E-state index < -0.39 is 0 Å². The lowest BCUT2D eigenvalue weighted by atomic mass is 9.77. The van der Waals surface area contributed by atoms with Crippen LogP contribution in [0.4, 0.5) is 0 Å². The van der Waals surface area contributed by atoms with Crippen LogP contribution in [0.2, 0.25) is 0 Å². The van der Waals surface area contributed by atoms with E-state index in [0.29, 0.717) is 5.78 Å². The number of carbonyl (C=O) groups is 1. The first-order valence-electron chi connectivity index (χ1n) is 4.84. The Labute approximate surface area is 67.2 Å². The lowest BCUT2D eigenvalue weighted by Crippen LogP contribution is -2.28. The number of fused-ring (bicyclic) bond motifs is 1. The van der Waals surface area contributed by atoms with Crippen molar-refractivity contribution in [3.63, 3.8) is 0 Å². The van der Waals surface area contributed by atoms with E-state index in [9.17, 15) is 4.79 Å². The maximum Gasteiger partial charge on any atom is 0.139 e. The summed E-state index contributed by atoms with van der Waals surface area (Å²) in [7, 11) is 0. The molecule has 0 saturated heterocycles. The van der Waals surface area contributed by atoms with E-state index in [1.54, 1.807) is 0 Å². The van der Waals surface area contributed by atoms with Crippen LogP contribution in [-0.4, -0.2) is 5.78 Å². The van der Waals surface area contributed by atoms with Crippen LogP contribution < -0.4 is 0 Å². The molecule has 3 rings (SSSR count). The number of carbonyl (C=O) groups excluding carboxylic acids is 1. The molecule has 0 amide bonds. The molecule has 3 fully saturated rings. The SMILES string of the molecule is O=C1CC2CC3CCCC13C2. The highest BCUT2D eigenvalue weighted by molar-refractivity contribution is 5.89. The van der Waals surface area contributed by atoms with Gasteiger partial charge < -0.3 is 0 Å². The Balaban J connectivity index is 2.06. The fraction of sp³-hybridized carbons (Fsp3) is 0.900. The number of Topliss-reactive ketones (excluding diaryl/α,β-unsaturated/α-hetero) is 1. The number of hydrogen-bond acceptors (Lipinski definition) is 1. The summed E-state index contributed by atoms with van der Waals surface area (Å²) in [6, 6.07) is 0. The quantitative estimate of drug-likeness (QED) is 0.517. The Hall–Kier alpha value is -0.330. The molecule has 3 aliphatic carbocycles. The second kappa shape index (κ2) is 1.70. The van der Waals surface area contributed by atoms with E-state index in [4.69, 9.17) is 0 Å². The summed E-state index contributed by atoms with van der Waals surface area (Å²) in [5, 5.41) is 0. The molecule has 3 unspecified atom stereocenters. The van der Waals surface area contributed by atoms with Gasteiger partial charge in [-0.25, -0.2) is 0 Å². The predicted molar refractivity (Wildman–Crippen MR) is 42.1 cm³/mol. The predicted octanol–water partition coefficient (Wildman–Crippen LogP) is 2.16. The van der Waals surface area contributed by atoms with Crippen molar-refractivity contribution in [3.05, 3.63) is 0 Å². The largest absolute Gasteiger partial charge is 0.299 e. The molecule has 3 saturated carbocycles. The zero-order chi connectivity index (χ0) is 7.47. The lowest BCUT2D eigenvalue weighted by molar-refractivity contribution is -0.128. The van der Waals surface area contributed by atoms with Gasteiger partial charge >= 0.3 is 0 Å². The molecular weight excluding hydrogens is 136 g/mol. The van der Waals surface area contributed by atoms with Gasteiger partial charge in [0.15, 0.2) is 0 Å². The van der Waals surface area contributed by atoms with Gasteiger partial charge in [-0.2, -0.15) is 0 Å². The van der Waals surface area contributed by atoms with Crippen molar-refractivity contribution in [2.24, 2.45) is 17.3 Å². The molecule has 60 valence electrons. The van der Waals surface area contributed by atoms with Crippen molar-refractivity contribution in [2.75, 3.05) is 0 Å². The molecule has 1 heteroatoms. The molecule has 0 aromatic heterocycles. The molecule has 2 bridgehead atoms. The standard InChI is InChI=1S/C10H14O/c11-9-5-7-4-8-2-1-3-10(8,9)6-7/h7-8H,1-6H2. The van der Waals surface area contributed by atoms with Gasteiger partial charge in [-0.1, -0.05) is 6.42 Å². The smallest absolute Gasteiger partial charge is 0.139 e. The number of hydrogen-bond donors (Lipinski definition) is 0. The van der Waals surface area contributed by atoms with Gasteiger partial charge in [0.1, 0.15) is 5.78 Å². The molecule has 3 aliphatic rings. The highest BCUT2D eigenvalue weighted by Crippen LogP contribution is 2.62. The van der Waals surface area contributed by atoms with Crippen molar-refractivity contribution >= 4 is 5.78 Å². The summed E-state index contributed by atoms with van der Waals surface area (Å²) < 4.78 is 0. The number of ketones is 1. The topological polar surface area (TPSA) is 17.1 Å². The molecule has 1 nitrogen and oxygen atoms in total. The van der Waals surface area contributed by atoms with Gasteiger partial charge in [0.05, 0.1) is 0 Å². The highest BCUT2D eigenvalue weighted by atomic mass is 16.1. The minimum atomic E-state index is 0.241. The minimum absolute atomic E-state index is 0.241. The lowest BCUT2D eigenvalue weighted by Gasteiger charge is -2.26. The second-order valence-electron chi connectivity index (χ2n) is 4.68. The van der Waals surface area contributed by atoms with E-state index >= 15 is 0 Å². The Morgan fingerprint density at radius 3 is 3.09 bits per heavy atom. The van der Waals surface area contributed by atoms with Crippen molar-refractivity contribution in [1.29, 1.82) is 0 Å². The summed E-state index contributed by atoms with van der Waals surface area (Å²) in [6.45, 7) is 0. The molecular formula is C10H14O. The fourth-order valence-electron chi connectivity index (χ4n) is 3.86. The van der Waals surface area contributed by atoms with Crippen molar-refractivity contribution < 1.29 is 4.79 Å². The Morgan fingerprint density at radius 2 is 2.36 bits per heavy atom. The van der Waals surface area contributed by atoms with Crippen LogP contribution in [0.15, 0.2) is 0 Å². The maximum atomic E-state index is 11.6. The van der Waals surface area contributed by atoms with E-state index in [-0.39, 0.29) is 5.41 Å². The van der Waals surface area contributed by atoms with Gasteiger partial charge in [-0.3, -0.25) is 4.79 Å². The first-order chi connectivity index (χ1) is 5.31. The van der Waals surface area contributed by atoms with Crippen molar-refractivity contribution in [3.8, 4) is 0 Å². The van der Waals surface area contributed by atoms with E-state index in [2.05, 4.69) is 0 Å². The first-order valence-corrected chi connectivity index (χ1v) is 4.84. The second-order valence-corrected chi connectivity index (χ2v) is 4.68. The van der Waals surface area contributed by atoms with Crippen LogP contribution in [0.25, 0.3) is 0 Å². The third-order valence-electron chi connectivity index (χ3n) is 4.26. The molecule has 0 N–H and O–H groups in total. The van der Waals surface area contributed by atoms with E-state index in [0.717, 1.165) is 18.3 Å². The summed E-state index contributed by atoms with van der Waals surface area (Å²) in [5.74, 6) is 2.23. The molecule has 11 heavy (non-hydrogen) atoms. The highest BCUT2D eigenvalue weighted by Gasteiger charge is 2.59. The van der Waals surface area contributed by atoms with Crippen LogP contribution in [0.5, 0.6) is 0 Å². The van der Waals surface area contributed by atoms with Gasteiger partial charge in [-0.15, -0.1) is 0 Å². The molecule has 0 aromatic rings. The van der Waals surface area contributed by atoms with Gasteiger partial charge in [-0.05, 0) is 37.5 Å². The molecule has 0 aliphatic heterocycles. The molecule has 1 spiro atoms. The number of rotatable bonds is 0. The minimum Gasteiger partial charge on any atom is -0.299 e. The Morgan fingerprint density at radius 1 is 1.45 bits per heavy atom. The fourth-order valence-corrected chi connectivity index (χ4v) is 3.86. The van der Waals surface area contributed by atoms with E-state index in [1.165, 1.54) is 32.1 Å². The summed E-state index contributed by atoms with van der Waals surface area (Å²) in [5.41, 5.74) is 0.241. The Kier molecular flexibility index (Phi) is 0.961. The van der Waals surface area contributed by atoms with Crippen molar-refractivity contribution in [1.82, 2.24) is 0 Å². The Bertz CT molecular complexity index is 221. The van der Waals surface area contributed by atoms with Crippen LogP contribution in [0.1, 0.15) is 38.5 Å². The molecule has 3 atom stereocenters. The van der Waals surface area contributed by atoms with Gasteiger partial charge in [0.25, 0.3) is 0 Å². The average molecular weight is 150 g/mol. The van der Waals surface area contributed by atoms with Crippen LogP contribution in [-0.2, 0) is 4.79 Å². The zero-order valence-corrected chi connectivity index (χ0v) is 6.81.